The monoisotopic (exact) mass is 336 g/mol. The maximum Gasteiger partial charge on any atom is 0.416 e. The fourth-order valence-corrected chi connectivity index (χ4v) is 2.52. The summed E-state index contributed by atoms with van der Waals surface area (Å²) in [4.78, 5) is 1.94. The van der Waals surface area contributed by atoms with Gasteiger partial charge in [-0.1, -0.05) is 0 Å². The van der Waals surface area contributed by atoms with E-state index in [9.17, 15) is 13.2 Å². The zero-order valence-corrected chi connectivity index (χ0v) is 12.2. The third-order valence-corrected chi connectivity index (χ3v) is 3.78. The summed E-state index contributed by atoms with van der Waals surface area (Å²) in [7, 11) is 1.88. The van der Waals surface area contributed by atoms with Gasteiger partial charge in [0.2, 0.25) is 0 Å². The Kier molecular flexibility index (Phi) is 4.40. The third-order valence-electron chi connectivity index (χ3n) is 3.14. The highest BCUT2D eigenvalue weighted by molar-refractivity contribution is 9.10. The first-order valence-corrected chi connectivity index (χ1v) is 6.98. The van der Waals surface area contributed by atoms with Crippen LogP contribution in [0.2, 0.25) is 0 Å². The summed E-state index contributed by atoms with van der Waals surface area (Å²) >= 11 is 3.21. The van der Waals surface area contributed by atoms with E-state index in [1.807, 2.05) is 11.9 Å². The molecule has 1 aliphatic rings. The van der Waals surface area contributed by atoms with Crippen molar-refractivity contribution < 1.29 is 13.2 Å². The summed E-state index contributed by atoms with van der Waals surface area (Å²) < 4.78 is 38.1. The molecule has 1 saturated carbocycles. The highest BCUT2D eigenvalue weighted by Gasteiger charge is 2.31. The normalized spacial score (nSPS) is 15.6. The summed E-state index contributed by atoms with van der Waals surface area (Å²) in [5.41, 5.74) is 0.137. The van der Waals surface area contributed by atoms with Gasteiger partial charge in [-0.15, -0.1) is 0 Å². The molecule has 2 rings (SSSR count). The van der Waals surface area contributed by atoms with Gasteiger partial charge in [0.15, 0.2) is 0 Å². The van der Waals surface area contributed by atoms with Crippen LogP contribution in [0.25, 0.3) is 0 Å². The summed E-state index contributed by atoms with van der Waals surface area (Å²) in [6.07, 6.45) is -1.84. The number of benzene rings is 1. The van der Waals surface area contributed by atoms with E-state index < -0.39 is 11.7 Å². The number of nitrogens with zero attached hydrogens (tertiary/aromatic N) is 1. The van der Waals surface area contributed by atoms with Crippen LogP contribution in [0.1, 0.15) is 18.4 Å². The molecule has 0 unspecified atom stereocenters. The molecule has 0 aromatic heterocycles. The van der Waals surface area contributed by atoms with E-state index in [-0.39, 0.29) is 0 Å². The zero-order chi connectivity index (χ0) is 14.0. The smallest absolute Gasteiger partial charge is 0.372 e. The van der Waals surface area contributed by atoms with Crippen LogP contribution < -0.4 is 10.2 Å². The predicted molar refractivity (Wildman–Crippen MR) is 73.4 cm³/mol. The lowest BCUT2D eigenvalue weighted by Gasteiger charge is -2.21. The van der Waals surface area contributed by atoms with Gasteiger partial charge in [0, 0.05) is 30.7 Å². The Hall–Kier alpha value is -0.750. The van der Waals surface area contributed by atoms with Gasteiger partial charge in [0.05, 0.1) is 11.3 Å². The molecular formula is C13H16BrF3N2. The van der Waals surface area contributed by atoms with Gasteiger partial charge in [-0.2, -0.15) is 13.2 Å². The van der Waals surface area contributed by atoms with Crippen LogP contribution in [0.15, 0.2) is 22.7 Å². The largest absolute Gasteiger partial charge is 0.416 e. The van der Waals surface area contributed by atoms with Gasteiger partial charge < -0.3 is 10.2 Å². The van der Waals surface area contributed by atoms with Crippen LogP contribution in [0, 0.1) is 0 Å². The quantitative estimate of drug-likeness (QED) is 0.882. The van der Waals surface area contributed by atoms with Crippen LogP contribution in [0.5, 0.6) is 0 Å². The molecular weight excluding hydrogens is 321 g/mol. The fraction of sp³-hybridized carbons (Fsp3) is 0.538. The number of rotatable bonds is 5. The Morgan fingerprint density at radius 3 is 2.58 bits per heavy atom. The highest BCUT2D eigenvalue weighted by atomic mass is 79.9. The molecule has 0 saturated heterocycles. The van der Waals surface area contributed by atoms with Crippen LogP contribution in [0.3, 0.4) is 0 Å². The lowest BCUT2D eigenvalue weighted by molar-refractivity contribution is -0.137. The van der Waals surface area contributed by atoms with Crippen molar-refractivity contribution >= 4 is 21.6 Å². The Labute approximate surface area is 119 Å². The third kappa shape index (κ3) is 4.11. The van der Waals surface area contributed by atoms with Crippen molar-refractivity contribution in [2.24, 2.45) is 0 Å². The molecule has 106 valence electrons. The number of likely N-dealkylation sites (N-methyl/N-ethyl adjacent to an activating group) is 1. The number of alkyl halides is 3. The molecule has 0 heterocycles. The lowest BCUT2D eigenvalue weighted by atomic mass is 10.2. The topological polar surface area (TPSA) is 15.3 Å². The average molecular weight is 337 g/mol. The molecule has 0 bridgehead atoms. The van der Waals surface area contributed by atoms with Crippen molar-refractivity contribution in [3.05, 3.63) is 28.2 Å². The summed E-state index contributed by atoms with van der Waals surface area (Å²) in [5.74, 6) is 0. The number of hydrogen-bond acceptors (Lipinski definition) is 2. The number of hydrogen-bond donors (Lipinski definition) is 1. The molecule has 1 N–H and O–H groups in total. The minimum absolute atomic E-state index is 0.469. The van der Waals surface area contributed by atoms with Crippen molar-refractivity contribution in [2.75, 3.05) is 25.0 Å². The number of halogens is 4. The maximum absolute atomic E-state index is 12.6. The van der Waals surface area contributed by atoms with E-state index in [0.29, 0.717) is 10.5 Å². The van der Waals surface area contributed by atoms with E-state index in [4.69, 9.17) is 0 Å². The van der Waals surface area contributed by atoms with Crippen molar-refractivity contribution in [3.63, 3.8) is 0 Å². The molecule has 19 heavy (non-hydrogen) atoms. The average Bonchev–Trinajstić information content (AvgIpc) is 3.11. The van der Waals surface area contributed by atoms with Gasteiger partial charge >= 0.3 is 6.18 Å². The first-order valence-electron chi connectivity index (χ1n) is 6.19. The molecule has 0 spiro atoms. The van der Waals surface area contributed by atoms with E-state index in [1.165, 1.54) is 18.9 Å². The van der Waals surface area contributed by atoms with Gasteiger partial charge in [-0.05, 0) is 47.0 Å². The SMILES string of the molecule is CN(CCNC1CC1)c1ccc(C(F)(F)F)cc1Br. The van der Waals surface area contributed by atoms with Crippen molar-refractivity contribution in [3.8, 4) is 0 Å². The first-order chi connectivity index (χ1) is 8.88. The molecule has 0 radical (unpaired) electrons. The molecule has 1 aliphatic carbocycles. The molecule has 1 aromatic carbocycles. The Bertz CT molecular complexity index is 444. The first kappa shape index (κ1) is 14.7. The van der Waals surface area contributed by atoms with Gasteiger partial charge in [-0.25, -0.2) is 0 Å². The zero-order valence-electron chi connectivity index (χ0n) is 10.6. The van der Waals surface area contributed by atoms with E-state index in [1.54, 1.807) is 0 Å². The number of anilines is 1. The molecule has 6 heteroatoms. The van der Waals surface area contributed by atoms with Crippen molar-refractivity contribution in [2.45, 2.75) is 25.1 Å². The van der Waals surface area contributed by atoms with Crippen LogP contribution in [0.4, 0.5) is 18.9 Å². The molecule has 0 aliphatic heterocycles. The second-order valence-corrected chi connectivity index (χ2v) is 5.67. The second-order valence-electron chi connectivity index (χ2n) is 4.81. The van der Waals surface area contributed by atoms with Gasteiger partial charge in [-0.3, -0.25) is 0 Å². The lowest BCUT2D eigenvalue weighted by Crippen LogP contribution is -2.30. The minimum atomic E-state index is -4.30. The van der Waals surface area contributed by atoms with E-state index in [2.05, 4.69) is 21.2 Å². The molecule has 1 fully saturated rings. The molecule has 1 aromatic rings. The van der Waals surface area contributed by atoms with Gasteiger partial charge in [0.25, 0.3) is 0 Å². The van der Waals surface area contributed by atoms with E-state index in [0.717, 1.165) is 30.9 Å². The van der Waals surface area contributed by atoms with Crippen molar-refractivity contribution in [1.29, 1.82) is 0 Å². The maximum atomic E-state index is 12.6. The summed E-state index contributed by atoms with van der Waals surface area (Å²) in [6.45, 7) is 1.61. The highest BCUT2D eigenvalue weighted by Crippen LogP contribution is 2.34. The molecule has 0 amide bonds. The minimum Gasteiger partial charge on any atom is -0.372 e. The number of nitrogens with one attached hydrogen (secondary N) is 1. The van der Waals surface area contributed by atoms with Crippen LogP contribution in [-0.2, 0) is 6.18 Å². The van der Waals surface area contributed by atoms with Crippen LogP contribution >= 0.6 is 15.9 Å². The Morgan fingerprint density at radius 1 is 1.37 bits per heavy atom. The summed E-state index contributed by atoms with van der Waals surface area (Å²) in [5, 5.41) is 3.38. The Balaban J connectivity index is 1.98. The van der Waals surface area contributed by atoms with Crippen LogP contribution in [-0.4, -0.2) is 26.2 Å². The standard InChI is InChI=1S/C13H16BrF3N2/c1-19(7-6-18-10-3-4-10)12-5-2-9(8-11(12)14)13(15,16)17/h2,5,8,10,18H,3-4,6-7H2,1H3. The predicted octanol–water partition coefficient (Wildman–Crippen LogP) is 3.66. The molecule has 2 nitrogen and oxygen atoms in total. The summed E-state index contributed by atoms with van der Waals surface area (Å²) in [6, 6.07) is 4.39. The van der Waals surface area contributed by atoms with E-state index >= 15 is 0 Å². The molecule has 0 atom stereocenters. The van der Waals surface area contributed by atoms with Gasteiger partial charge in [0.1, 0.15) is 0 Å². The second kappa shape index (κ2) is 5.71. The Morgan fingerprint density at radius 2 is 2.05 bits per heavy atom. The fourth-order valence-electron chi connectivity index (χ4n) is 1.84. The van der Waals surface area contributed by atoms with Crippen molar-refractivity contribution in [1.82, 2.24) is 5.32 Å².